The van der Waals surface area contributed by atoms with E-state index in [0.717, 1.165) is 41.9 Å². The number of aliphatic hydroxyl groups is 1. The molecule has 0 fully saturated rings. The highest BCUT2D eigenvalue weighted by atomic mass is 16.3. The van der Waals surface area contributed by atoms with Gasteiger partial charge in [-0.25, -0.2) is 4.98 Å². The van der Waals surface area contributed by atoms with E-state index >= 15 is 0 Å². The largest absolute Gasteiger partial charge is 0.399 e. The molecule has 0 amide bonds. The average molecular weight is 275 g/mol. The van der Waals surface area contributed by atoms with Crippen LogP contribution in [0.4, 0.5) is 5.69 Å². The molecule has 110 valence electrons. The summed E-state index contributed by atoms with van der Waals surface area (Å²) in [6, 6.07) is 5.91. The van der Waals surface area contributed by atoms with Crippen molar-refractivity contribution in [2.45, 2.75) is 46.1 Å². The number of rotatable bonds is 6. The Morgan fingerprint density at radius 1 is 1.35 bits per heavy atom. The maximum atomic E-state index is 9.18. The van der Waals surface area contributed by atoms with E-state index in [0.29, 0.717) is 11.8 Å². The number of aliphatic hydroxyl groups excluding tert-OH is 1. The molecule has 1 heterocycles. The fourth-order valence-corrected chi connectivity index (χ4v) is 2.66. The van der Waals surface area contributed by atoms with Crippen molar-refractivity contribution in [3.63, 3.8) is 0 Å². The maximum Gasteiger partial charge on any atom is 0.112 e. The van der Waals surface area contributed by atoms with Crippen LogP contribution in [0, 0.1) is 5.92 Å². The molecule has 2 rings (SSSR count). The van der Waals surface area contributed by atoms with Crippen molar-refractivity contribution in [1.82, 2.24) is 9.55 Å². The fraction of sp³-hybridized carbons (Fsp3) is 0.562. The van der Waals surface area contributed by atoms with E-state index in [1.807, 2.05) is 12.1 Å². The Morgan fingerprint density at radius 2 is 2.10 bits per heavy atom. The van der Waals surface area contributed by atoms with Crippen LogP contribution >= 0.6 is 0 Å². The molecule has 4 nitrogen and oxygen atoms in total. The second-order valence-electron chi connectivity index (χ2n) is 5.77. The molecule has 0 aliphatic rings. The number of hydrogen-bond donors (Lipinski definition) is 2. The predicted octanol–water partition coefficient (Wildman–Crippen LogP) is 3.15. The molecular weight excluding hydrogens is 250 g/mol. The first-order valence-corrected chi connectivity index (χ1v) is 7.43. The van der Waals surface area contributed by atoms with Gasteiger partial charge in [-0.15, -0.1) is 0 Å². The summed E-state index contributed by atoms with van der Waals surface area (Å²) in [6.45, 7) is 7.65. The van der Waals surface area contributed by atoms with Crippen LogP contribution in [-0.2, 0) is 6.54 Å². The third kappa shape index (κ3) is 2.96. The van der Waals surface area contributed by atoms with Crippen LogP contribution in [0.3, 0.4) is 0 Å². The molecule has 20 heavy (non-hydrogen) atoms. The van der Waals surface area contributed by atoms with Crippen LogP contribution in [0.1, 0.15) is 45.4 Å². The summed E-state index contributed by atoms with van der Waals surface area (Å²) < 4.78 is 2.29. The standard InChI is InChI=1S/C16H25N3O/c1-4-12(7-8-20)10-19-15-6-5-13(17)9-14(15)18-16(19)11(2)3/h5-6,9,11-12,20H,4,7-8,10,17H2,1-3H3. The number of anilines is 1. The third-order valence-electron chi connectivity index (χ3n) is 3.87. The molecule has 0 aliphatic heterocycles. The Bertz CT molecular complexity index is 574. The van der Waals surface area contributed by atoms with Crippen molar-refractivity contribution in [3.8, 4) is 0 Å². The summed E-state index contributed by atoms with van der Waals surface area (Å²) in [5, 5.41) is 9.18. The Morgan fingerprint density at radius 3 is 2.70 bits per heavy atom. The molecule has 1 aromatic heterocycles. The Hall–Kier alpha value is -1.55. The second-order valence-corrected chi connectivity index (χ2v) is 5.77. The highest BCUT2D eigenvalue weighted by molar-refractivity contribution is 5.79. The normalized spacial score (nSPS) is 13.2. The lowest BCUT2D eigenvalue weighted by Gasteiger charge is -2.18. The Balaban J connectivity index is 2.45. The minimum Gasteiger partial charge on any atom is -0.399 e. The van der Waals surface area contributed by atoms with Gasteiger partial charge >= 0.3 is 0 Å². The van der Waals surface area contributed by atoms with Gasteiger partial charge in [0.1, 0.15) is 5.82 Å². The van der Waals surface area contributed by atoms with E-state index < -0.39 is 0 Å². The van der Waals surface area contributed by atoms with Crippen molar-refractivity contribution >= 4 is 16.7 Å². The van der Waals surface area contributed by atoms with Crippen molar-refractivity contribution < 1.29 is 5.11 Å². The van der Waals surface area contributed by atoms with E-state index in [4.69, 9.17) is 10.7 Å². The van der Waals surface area contributed by atoms with Crippen LogP contribution in [0.5, 0.6) is 0 Å². The molecule has 0 saturated carbocycles. The molecule has 0 saturated heterocycles. The van der Waals surface area contributed by atoms with Crippen molar-refractivity contribution in [1.29, 1.82) is 0 Å². The number of nitrogen functional groups attached to an aromatic ring is 1. The SMILES string of the molecule is CCC(CCO)Cn1c(C(C)C)nc2cc(N)ccc21. The number of benzene rings is 1. The predicted molar refractivity (Wildman–Crippen MR) is 83.7 cm³/mol. The monoisotopic (exact) mass is 275 g/mol. The molecule has 1 aromatic carbocycles. The van der Waals surface area contributed by atoms with Crippen LogP contribution < -0.4 is 5.73 Å². The molecule has 0 radical (unpaired) electrons. The molecule has 0 spiro atoms. The van der Waals surface area contributed by atoms with Crippen LogP contribution in [-0.4, -0.2) is 21.3 Å². The van der Waals surface area contributed by atoms with Gasteiger partial charge in [-0.2, -0.15) is 0 Å². The zero-order valence-corrected chi connectivity index (χ0v) is 12.6. The van der Waals surface area contributed by atoms with E-state index in [2.05, 4.69) is 31.4 Å². The lowest BCUT2D eigenvalue weighted by atomic mass is 10.0. The Kier molecular flexibility index (Phi) is 4.65. The van der Waals surface area contributed by atoms with Gasteiger partial charge in [-0.05, 0) is 30.5 Å². The zero-order valence-electron chi connectivity index (χ0n) is 12.6. The van der Waals surface area contributed by atoms with E-state index in [-0.39, 0.29) is 6.61 Å². The topological polar surface area (TPSA) is 64.1 Å². The first-order valence-electron chi connectivity index (χ1n) is 7.43. The molecule has 4 heteroatoms. The van der Waals surface area contributed by atoms with Crippen molar-refractivity contribution in [2.24, 2.45) is 5.92 Å². The van der Waals surface area contributed by atoms with Crippen LogP contribution in [0.2, 0.25) is 0 Å². The number of fused-ring (bicyclic) bond motifs is 1. The third-order valence-corrected chi connectivity index (χ3v) is 3.87. The van der Waals surface area contributed by atoms with Crippen LogP contribution in [0.15, 0.2) is 18.2 Å². The van der Waals surface area contributed by atoms with E-state index in [1.54, 1.807) is 0 Å². The highest BCUT2D eigenvalue weighted by Gasteiger charge is 2.16. The molecule has 2 aromatic rings. The zero-order chi connectivity index (χ0) is 14.7. The van der Waals surface area contributed by atoms with Gasteiger partial charge in [0.25, 0.3) is 0 Å². The number of nitrogens with two attached hydrogens (primary N) is 1. The van der Waals surface area contributed by atoms with Crippen LogP contribution in [0.25, 0.3) is 11.0 Å². The first kappa shape index (κ1) is 14.9. The van der Waals surface area contributed by atoms with E-state index in [9.17, 15) is 5.11 Å². The molecule has 3 N–H and O–H groups in total. The summed E-state index contributed by atoms with van der Waals surface area (Å²) in [5.74, 6) is 1.95. The Labute approximate surface area is 120 Å². The summed E-state index contributed by atoms with van der Waals surface area (Å²) in [7, 11) is 0. The van der Waals surface area contributed by atoms with Crippen molar-refractivity contribution in [3.05, 3.63) is 24.0 Å². The fourth-order valence-electron chi connectivity index (χ4n) is 2.66. The minimum atomic E-state index is 0.245. The van der Waals surface area contributed by atoms with Gasteiger partial charge in [0, 0.05) is 24.8 Å². The molecule has 0 aliphatic carbocycles. The summed E-state index contributed by atoms with van der Waals surface area (Å²) in [5.41, 5.74) is 8.71. The first-order chi connectivity index (χ1) is 9.56. The quantitative estimate of drug-likeness (QED) is 0.796. The number of aromatic nitrogens is 2. The number of imidazole rings is 1. The number of hydrogen-bond acceptors (Lipinski definition) is 3. The number of nitrogens with zero attached hydrogens (tertiary/aromatic N) is 2. The van der Waals surface area contributed by atoms with Gasteiger partial charge in [0.2, 0.25) is 0 Å². The smallest absolute Gasteiger partial charge is 0.112 e. The molecule has 1 unspecified atom stereocenters. The highest BCUT2D eigenvalue weighted by Crippen LogP contribution is 2.26. The summed E-state index contributed by atoms with van der Waals surface area (Å²) in [4.78, 5) is 4.74. The lowest BCUT2D eigenvalue weighted by molar-refractivity contribution is 0.243. The van der Waals surface area contributed by atoms with Gasteiger partial charge in [-0.1, -0.05) is 27.2 Å². The van der Waals surface area contributed by atoms with Gasteiger partial charge < -0.3 is 15.4 Å². The minimum absolute atomic E-state index is 0.245. The second kappa shape index (κ2) is 6.27. The van der Waals surface area contributed by atoms with E-state index in [1.165, 1.54) is 0 Å². The van der Waals surface area contributed by atoms with Crippen molar-refractivity contribution in [2.75, 3.05) is 12.3 Å². The maximum absolute atomic E-state index is 9.18. The summed E-state index contributed by atoms with van der Waals surface area (Å²) >= 11 is 0. The van der Waals surface area contributed by atoms with Gasteiger partial charge in [-0.3, -0.25) is 0 Å². The molecule has 1 atom stereocenters. The summed E-state index contributed by atoms with van der Waals surface area (Å²) in [6.07, 6.45) is 1.90. The molecule has 0 bridgehead atoms. The lowest BCUT2D eigenvalue weighted by Crippen LogP contribution is -2.14. The molecular formula is C16H25N3O. The van der Waals surface area contributed by atoms with Gasteiger partial charge in [0.05, 0.1) is 11.0 Å². The average Bonchev–Trinajstić information content (AvgIpc) is 2.76. The van der Waals surface area contributed by atoms with Gasteiger partial charge in [0.15, 0.2) is 0 Å².